The van der Waals surface area contributed by atoms with Gasteiger partial charge in [0, 0.05) is 37.4 Å². The van der Waals surface area contributed by atoms with Gasteiger partial charge in [-0.1, -0.05) is 6.92 Å². The number of aryl methyl sites for hydroxylation is 1. The molecule has 2 rings (SSSR count). The summed E-state index contributed by atoms with van der Waals surface area (Å²) in [5.74, 6) is 1.07. The zero-order chi connectivity index (χ0) is 12.5. The lowest BCUT2D eigenvalue weighted by Gasteiger charge is -2.31. The molecule has 0 saturated carbocycles. The lowest BCUT2D eigenvalue weighted by Crippen LogP contribution is -2.45. The molecule has 0 amide bonds. The van der Waals surface area contributed by atoms with Crippen molar-refractivity contribution in [1.82, 2.24) is 14.5 Å². The molecule has 1 fully saturated rings. The van der Waals surface area contributed by atoms with Crippen LogP contribution in [-0.2, 0) is 18.3 Å². The molecule has 0 spiro atoms. The van der Waals surface area contributed by atoms with Gasteiger partial charge in [0.05, 0.1) is 19.8 Å². The average Bonchev–Trinajstić information content (AvgIpc) is 2.76. The summed E-state index contributed by atoms with van der Waals surface area (Å²) in [4.78, 5) is 6.59. The highest BCUT2D eigenvalue weighted by Gasteiger charge is 2.38. The zero-order valence-corrected chi connectivity index (χ0v) is 10.9. The van der Waals surface area contributed by atoms with Crippen LogP contribution in [0.4, 0.5) is 0 Å². The second kappa shape index (κ2) is 4.76. The smallest absolute Gasteiger partial charge is 0.122 e. The summed E-state index contributed by atoms with van der Waals surface area (Å²) in [6, 6.07) is 0.131. The molecule has 2 atom stereocenters. The van der Waals surface area contributed by atoms with Crippen LogP contribution in [0.25, 0.3) is 0 Å². The molecule has 2 heterocycles. The van der Waals surface area contributed by atoms with Crippen molar-refractivity contribution in [3.63, 3.8) is 0 Å². The fraction of sp³-hybridized carbons (Fsp3) is 0.750. The van der Waals surface area contributed by atoms with Gasteiger partial charge >= 0.3 is 0 Å². The predicted molar refractivity (Wildman–Crippen MR) is 66.4 cm³/mol. The zero-order valence-electron chi connectivity index (χ0n) is 10.9. The van der Waals surface area contributed by atoms with E-state index in [9.17, 15) is 0 Å². The number of nitrogens with two attached hydrogens (primary N) is 1. The maximum Gasteiger partial charge on any atom is 0.122 e. The maximum atomic E-state index is 6.09. The Kier molecular flexibility index (Phi) is 3.51. The Morgan fingerprint density at radius 1 is 1.71 bits per heavy atom. The van der Waals surface area contributed by atoms with Gasteiger partial charge in [-0.15, -0.1) is 0 Å². The molecule has 2 unspecified atom stereocenters. The van der Waals surface area contributed by atoms with E-state index in [0.29, 0.717) is 6.61 Å². The first-order valence-electron chi connectivity index (χ1n) is 5.99. The molecule has 0 aromatic carbocycles. The van der Waals surface area contributed by atoms with Crippen molar-refractivity contribution in [2.24, 2.45) is 18.2 Å². The van der Waals surface area contributed by atoms with Crippen LogP contribution in [0.2, 0.25) is 0 Å². The van der Waals surface area contributed by atoms with Crippen LogP contribution in [0, 0.1) is 5.41 Å². The first-order chi connectivity index (χ1) is 8.01. The highest BCUT2D eigenvalue weighted by Crippen LogP contribution is 2.28. The number of hydrogen-bond acceptors (Lipinski definition) is 4. The quantitative estimate of drug-likeness (QED) is 0.815. The van der Waals surface area contributed by atoms with E-state index in [1.807, 2.05) is 24.0 Å². The standard InChI is InChI=1S/C12H22N4O/c1-12(9-17-7-10(12)13)8-15(2)6-11-14-4-5-16(11)3/h4-5,10H,6-9,13H2,1-3H3. The van der Waals surface area contributed by atoms with Gasteiger partial charge in [0.1, 0.15) is 5.82 Å². The summed E-state index contributed by atoms with van der Waals surface area (Å²) in [5.41, 5.74) is 6.15. The summed E-state index contributed by atoms with van der Waals surface area (Å²) in [5, 5.41) is 0. The van der Waals surface area contributed by atoms with Crippen molar-refractivity contribution in [3.8, 4) is 0 Å². The van der Waals surface area contributed by atoms with Gasteiger partial charge in [-0.2, -0.15) is 0 Å². The molecule has 17 heavy (non-hydrogen) atoms. The molecule has 5 nitrogen and oxygen atoms in total. The van der Waals surface area contributed by atoms with E-state index in [2.05, 4.69) is 23.9 Å². The van der Waals surface area contributed by atoms with Crippen molar-refractivity contribution in [2.45, 2.75) is 19.5 Å². The monoisotopic (exact) mass is 238 g/mol. The Morgan fingerprint density at radius 2 is 2.47 bits per heavy atom. The van der Waals surface area contributed by atoms with Gasteiger partial charge in [-0.3, -0.25) is 4.90 Å². The minimum Gasteiger partial charge on any atom is -0.379 e. The molecule has 1 aromatic rings. The number of imidazole rings is 1. The molecular weight excluding hydrogens is 216 g/mol. The maximum absolute atomic E-state index is 6.09. The van der Waals surface area contributed by atoms with Gasteiger partial charge in [0.15, 0.2) is 0 Å². The number of aromatic nitrogens is 2. The molecule has 0 aliphatic carbocycles. The second-order valence-corrected chi connectivity index (χ2v) is 5.40. The molecular formula is C12H22N4O. The second-order valence-electron chi connectivity index (χ2n) is 5.40. The van der Waals surface area contributed by atoms with E-state index in [1.165, 1.54) is 0 Å². The highest BCUT2D eigenvalue weighted by molar-refractivity contribution is 4.95. The third kappa shape index (κ3) is 2.68. The van der Waals surface area contributed by atoms with E-state index in [4.69, 9.17) is 10.5 Å². The topological polar surface area (TPSA) is 56.3 Å². The number of hydrogen-bond donors (Lipinski definition) is 1. The molecule has 1 aliphatic heterocycles. The van der Waals surface area contributed by atoms with Crippen LogP contribution in [0.5, 0.6) is 0 Å². The molecule has 2 N–H and O–H groups in total. The third-order valence-corrected chi connectivity index (χ3v) is 3.59. The number of ether oxygens (including phenoxy) is 1. The Bertz CT molecular complexity index is 378. The Morgan fingerprint density at radius 3 is 3.00 bits per heavy atom. The molecule has 5 heteroatoms. The van der Waals surface area contributed by atoms with Gasteiger partial charge < -0.3 is 15.0 Å². The summed E-state index contributed by atoms with van der Waals surface area (Å²) in [6.07, 6.45) is 3.80. The molecule has 1 aromatic heterocycles. The average molecular weight is 238 g/mol. The highest BCUT2D eigenvalue weighted by atomic mass is 16.5. The van der Waals surface area contributed by atoms with Crippen molar-refractivity contribution >= 4 is 0 Å². The lowest BCUT2D eigenvalue weighted by molar-refractivity contribution is 0.126. The van der Waals surface area contributed by atoms with Crippen molar-refractivity contribution in [1.29, 1.82) is 0 Å². The summed E-state index contributed by atoms with van der Waals surface area (Å²) < 4.78 is 7.51. The van der Waals surface area contributed by atoms with Gasteiger partial charge in [0.2, 0.25) is 0 Å². The summed E-state index contributed by atoms with van der Waals surface area (Å²) >= 11 is 0. The first-order valence-corrected chi connectivity index (χ1v) is 5.99. The van der Waals surface area contributed by atoms with Crippen LogP contribution < -0.4 is 5.73 Å². The van der Waals surface area contributed by atoms with Gasteiger partial charge in [0.25, 0.3) is 0 Å². The fourth-order valence-electron chi connectivity index (χ4n) is 2.35. The Labute approximate surface area is 103 Å². The van der Waals surface area contributed by atoms with Gasteiger partial charge in [-0.05, 0) is 7.05 Å². The molecule has 1 saturated heterocycles. The van der Waals surface area contributed by atoms with Crippen molar-refractivity contribution in [2.75, 3.05) is 26.8 Å². The molecule has 0 bridgehead atoms. The summed E-state index contributed by atoms with van der Waals surface area (Å²) in [7, 11) is 4.12. The van der Waals surface area contributed by atoms with E-state index in [1.54, 1.807) is 0 Å². The van der Waals surface area contributed by atoms with Crippen LogP contribution in [0.15, 0.2) is 12.4 Å². The normalized spacial score (nSPS) is 29.1. The SMILES string of the molecule is CN(Cc1nccn1C)CC1(C)COCC1N. The van der Waals surface area contributed by atoms with Crippen molar-refractivity contribution in [3.05, 3.63) is 18.2 Å². The largest absolute Gasteiger partial charge is 0.379 e. The fourth-order valence-corrected chi connectivity index (χ4v) is 2.35. The van der Waals surface area contributed by atoms with Crippen LogP contribution >= 0.6 is 0 Å². The first kappa shape index (κ1) is 12.5. The molecule has 96 valence electrons. The van der Waals surface area contributed by atoms with Crippen LogP contribution in [-0.4, -0.2) is 47.3 Å². The van der Waals surface area contributed by atoms with E-state index in [0.717, 1.165) is 25.5 Å². The van der Waals surface area contributed by atoms with E-state index in [-0.39, 0.29) is 11.5 Å². The van der Waals surface area contributed by atoms with Crippen LogP contribution in [0.3, 0.4) is 0 Å². The van der Waals surface area contributed by atoms with Gasteiger partial charge in [-0.25, -0.2) is 4.98 Å². The Balaban J connectivity index is 1.93. The van der Waals surface area contributed by atoms with Crippen LogP contribution in [0.1, 0.15) is 12.7 Å². The van der Waals surface area contributed by atoms with Crippen molar-refractivity contribution < 1.29 is 4.74 Å². The third-order valence-electron chi connectivity index (χ3n) is 3.59. The van der Waals surface area contributed by atoms with E-state index < -0.39 is 0 Å². The number of rotatable bonds is 4. The minimum atomic E-state index is 0.0555. The summed E-state index contributed by atoms with van der Waals surface area (Å²) in [6.45, 7) is 5.39. The number of nitrogens with zero attached hydrogens (tertiary/aromatic N) is 3. The minimum absolute atomic E-state index is 0.0555. The van der Waals surface area contributed by atoms with E-state index >= 15 is 0 Å². The molecule has 1 aliphatic rings. The molecule has 0 radical (unpaired) electrons. The lowest BCUT2D eigenvalue weighted by atomic mass is 9.85. The Hall–Kier alpha value is -0.910. The predicted octanol–water partition coefficient (Wildman–Crippen LogP) is 0.216.